The van der Waals surface area contributed by atoms with Crippen LogP contribution in [0.2, 0.25) is 5.02 Å². The summed E-state index contributed by atoms with van der Waals surface area (Å²) in [6.07, 6.45) is 1.98. The van der Waals surface area contributed by atoms with Gasteiger partial charge in [0.1, 0.15) is 11.9 Å². The second kappa shape index (κ2) is 8.33. The Labute approximate surface area is 185 Å². The number of carbonyl (C=O) groups excluding carboxylic acids is 1. The molecule has 1 aliphatic rings. The third-order valence-corrected chi connectivity index (χ3v) is 8.49. The van der Waals surface area contributed by atoms with Crippen LogP contribution in [0, 0.1) is 5.82 Å². The summed E-state index contributed by atoms with van der Waals surface area (Å²) in [6, 6.07) is 4.20. The number of nitrogens with zero attached hydrogens (tertiary/aromatic N) is 2. The predicted molar refractivity (Wildman–Crippen MR) is 116 cm³/mol. The zero-order valence-corrected chi connectivity index (χ0v) is 18.7. The highest BCUT2D eigenvalue weighted by atomic mass is 35.5. The SMILES string of the molecule is CN1[C@@H](C(=O)Nc2ccc(F)c(Cl)c2)C[C@@H](c2cc(-c3cncs3)cs2)NS1(=O)=O. The quantitative estimate of drug-likeness (QED) is 0.585. The maximum Gasteiger partial charge on any atom is 0.280 e. The van der Waals surface area contributed by atoms with Gasteiger partial charge >= 0.3 is 0 Å². The Bertz CT molecular complexity index is 1180. The molecular weight excluding hydrogens is 471 g/mol. The van der Waals surface area contributed by atoms with Gasteiger partial charge in [0.25, 0.3) is 10.2 Å². The normalized spacial score (nSPS) is 21.4. The molecule has 4 rings (SSSR count). The molecule has 1 fully saturated rings. The van der Waals surface area contributed by atoms with E-state index in [1.165, 1.54) is 41.9 Å². The number of thiophene rings is 1. The number of hydrogen-bond acceptors (Lipinski definition) is 6. The van der Waals surface area contributed by atoms with Crippen LogP contribution in [0.1, 0.15) is 17.3 Å². The molecule has 12 heteroatoms. The number of amides is 1. The minimum atomic E-state index is -3.87. The van der Waals surface area contributed by atoms with Gasteiger partial charge in [-0.05, 0) is 36.1 Å². The molecule has 30 heavy (non-hydrogen) atoms. The maximum absolute atomic E-state index is 13.4. The van der Waals surface area contributed by atoms with Crippen molar-refractivity contribution in [3.8, 4) is 10.4 Å². The van der Waals surface area contributed by atoms with E-state index in [0.29, 0.717) is 0 Å². The number of nitrogens with one attached hydrogen (secondary N) is 2. The largest absolute Gasteiger partial charge is 0.325 e. The average molecular weight is 487 g/mol. The Morgan fingerprint density at radius 1 is 1.37 bits per heavy atom. The van der Waals surface area contributed by atoms with Gasteiger partial charge in [-0.25, -0.2) is 4.39 Å². The van der Waals surface area contributed by atoms with Gasteiger partial charge in [-0.15, -0.1) is 22.7 Å². The molecule has 1 saturated heterocycles. The van der Waals surface area contributed by atoms with Crippen LogP contribution < -0.4 is 10.0 Å². The first kappa shape index (κ1) is 21.3. The average Bonchev–Trinajstić information content (AvgIpc) is 3.38. The lowest BCUT2D eigenvalue weighted by molar-refractivity contribution is -0.120. The van der Waals surface area contributed by atoms with Crippen molar-refractivity contribution in [2.24, 2.45) is 0 Å². The van der Waals surface area contributed by atoms with Gasteiger partial charge in [-0.2, -0.15) is 17.4 Å². The number of benzene rings is 1. The first-order valence-electron chi connectivity index (χ1n) is 8.73. The fourth-order valence-electron chi connectivity index (χ4n) is 3.12. The summed E-state index contributed by atoms with van der Waals surface area (Å²) >= 11 is 8.67. The topological polar surface area (TPSA) is 91.4 Å². The first-order chi connectivity index (χ1) is 14.2. The summed E-state index contributed by atoms with van der Waals surface area (Å²) in [6.45, 7) is 0. The number of likely N-dealkylation sites (N-methyl/N-ethyl adjacent to an activating group) is 1. The summed E-state index contributed by atoms with van der Waals surface area (Å²) in [4.78, 5) is 18.7. The van der Waals surface area contributed by atoms with Crippen molar-refractivity contribution >= 4 is 56.1 Å². The van der Waals surface area contributed by atoms with Crippen LogP contribution in [0.3, 0.4) is 0 Å². The van der Waals surface area contributed by atoms with Gasteiger partial charge in [-0.3, -0.25) is 9.78 Å². The van der Waals surface area contributed by atoms with E-state index in [1.807, 2.05) is 11.4 Å². The van der Waals surface area contributed by atoms with Crippen molar-refractivity contribution in [3.63, 3.8) is 0 Å². The van der Waals surface area contributed by atoms with Crippen molar-refractivity contribution in [2.45, 2.75) is 18.5 Å². The summed E-state index contributed by atoms with van der Waals surface area (Å²) in [5.41, 5.74) is 2.97. The van der Waals surface area contributed by atoms with Crippen LogP contribution in [0.15, 0.2) is 41.4 Å². The Kier molecular flexibility index (Phi) is 5.93. The molecule has 2 N–H and O–H groups in total. The zero-order valence-electron chi connectivity index (χ0n) is 15.5. The molecule has 0 spiro atoms. The molecule has 2 atom stereocenters. The van der Waals surface area contributed by atoms with Crippen LogP contribution in [0.5, 0.6) is 0 Å². The van der Waals surface area contributed by atoms with Crippen molar-refractivity contribution in [2.75, 3.05) is 12.4 Å². The van der Waals surface area contributed by atoms with Crippen molar-refractivity contribution in [1.29, 1.82) is 0 Å². The van der Waals surface area contributed by atoms with Gasteiger partial charge in [0.2, 0.25) is 5.91 Å². The first-order valence-corrected chi connectivity index (χ1v) is 12.3. The number of carbonyl (C=O) groups is 1. The number of hydrogen-bond donors (Lipinski definition) is 2. The maximum atomic E-state index is 13.4. The highest BCUT2D eigenvalue weighted by molar-refractivity contribution is 7.87. The van der Waals surface area contributed by atoms with Crippen LogP contribution in [-0.4, -0.2) is 36.7 Å². The lowest BCUT2D eigenvalue weighted by atomic mass is 10.0. The molecule has 1 amide bonds. The fourth-order valence-corrected chi connectivity index (χ4v) is 6.30. The third kappa shape index (κ3) is 4.27. The molecule has 0 saturated carbocycles. The molecule has 1 aromatic carbocycles. The van der Waals surface area contributed by atoms with E-state index < -0.39 is 34.0 Å². The molecule has 2 aromatic heterocycles. The Morgan fingerprint density at radius 3 is 2.87 bits per heavy atom. The van der Waals surface area contributed by atoms with Crippen LogP contribution >= 0.6 is 34.3 Å². The molecule has 0 aliphatic carbocycles. The summed E-state index contributed by atoms with van der Waals surface area (Å²) in [5, 5.41) is 4.42. The Morgan fingerprint density at radius 2 is 2.17 bits per heavy atom. The molecule has 0 unspecified atom stereocenters. The number of halogens is 2. The standard InChI is InChI=1S/C18H16ClFN4O3S3/c1-24-15(18(25)22-11-2-3-13(20)12(19)5-11)6-14(23-30(24,26)27)16-4-10(8-28-16)17-7-21-9-29-17/h2-5,7-9,14-15,23H,6H2,1H3,(H,22,25)/t14-,15+/m0/s1. The van der Waals surface area contributed by atoms with E-state index in [2.05, 4.69) is 15.0 Å². The molecule has 3 heterocycles. The zero-order chi connectivity index (χ0) is 21.5. The Balaban J connectivity index is 1.57. The monoisotopic (exact) mass is 486 g/mol. The predicted octanol–water partition coefficient (Wildman–Crippen LogP) is 3.88. The van der Waals surface area contributed by atoms with Gasteiger partial charge in [0.05, 0.1) is 21.5 Å². The van der Waals surface area contributed by atoms with Crippen LogP contribution in [0.4, 0.5) is 10.1 Å². The molecule has 3 aromatic rings. The number of rotatable bonds is 4. The minimum Gasteiger partial charge on any atom is -0.325 e. The van der Waals surface area contributed by atoms with Gasteiger partial charge < -0.3 is 5.32 Å². The van der Waals surface area contributed by atoms with Crippen molar-refractivity contribution < 1.29 is 17.6 Å². The second-order valence-electron chi connectivity index (χ2n) is 6.66. The summed E-state index contributed by atoms with van der Waals surface area (Å²) in [5.74, 6) is -1.12. The molecule has 7 nitrogen and oxygen atoms in total. The smallest absolute Gasteiger partial charge is 0.280 e. The lowest BCUT2D eigenvalue weighted by Gasteiger charge is -2.35. The van der Waals surface area contributed by atoms with E-state index in [4.69, 9.17) is 11.6 Å². The molecule has 0 radical (unpaired) electrons. The molecular formula is C18H16ClFN4O3S3. The van der Waals surface area contributed by atoms with E-state index >= 15 is 0 Å². The van der Waals surface area contributed by atoms with Crippen molar-refractivity contribution in [3.05, 3.63) is 57.1 Å². The van der Waals surface area contributed by atoms with E-state index in [-0.39, 0.29) is 17.1 Å². The number of thiazole rings is 1. The Hall–Kier alpha value is -1.89. The van der Waals surface area contributed by atoms with Crippen LogP contribution in [-0.2, 0) is 15.0 Å². The van der Waals surface area contributed by atoms with Gasteiger partial charge in [0, 0.05) is 29.4 Å². The molecule has 1 aliphatic heterocycles. The van der Waals surface area contributed by atoms with E-state index in [9.17, 15) is 17.6 Å². The number of anilines is 1. The summed E-state index contributed by atoms with van der Waals surface area (Å²) in [7, 11) is -2.53. The van der Waals surface area contributed by atoms with Gasteiger partial charge in [-0.1, -0.05) is 11.6 Å². The van der Waals surface area contributed by atoms with Crippen LogP contribution in [0.25, 0.3) is 10.4 Å². The summed E-state index contributed by atoms with van der Waals surface area (Å²) < 4.78 is 42.2. The third-order valence-electron chi connectivity index (χ3n) is 4.74. The van der Waals surface area contributed by atoms with Gasteiger partial charge in [0.15, 0.2) is 0 Å². The highest BCUT2D eigenvalue weighted by Gasteiger charge is 2.41. The number of aromatic nitrogens is 1. The highest BCUT2D eigenvalue weighted by Crippen LogP contribution is 2.36. The fraction of sp³-hybridized carbons (Fsp3) is 0.222. The molecule has 0 bridgehead atoms. The van der Waals surface area contributed by atoms with E-state index in [1.54, 1.807) is 11.7 Å². The second-order valence-corrected chi connectivity index (χ2v) is 10.7. The lowest BCUT2D eigenvalue weighted by Crippen LogP contribution is -2.55. The van der Waals surface area contributed by atoms with Crippen molar-refractivity contribution in [1.82, 2.24) is 14.0 Å². The van der Waals surface area contributed by atoms with E-state index in [0.717, 1.165) is 25.7 Å². The minimum absolute atomic E-state index is 0.133. The molecule has 158 valence electrons.